The highest BCUT2D eigenvalue weighted by molar-refractivity contribution is 9.10. The van der Waals surface area contributed by atoms with E-state index in [1.54, 1.807) is 0 Å². The number of nitrogens with one attached hydrogen (secondary N) is 1. The standard InChI is InChI=1S/C18H23BrN2O2/c1-12-9-14(19)7-8-16(12)20-18(23)13-10-17(22)21(11-13)15-5-3-2-4-6-15/h7-9,13,15H,2-6,10-11H2,1H3,(H,20,23)/t13-/m0/s1. The van der Waals surface area contributed by atoms with Crippen LogP contribution < -0.4 is 5.32 Å². The Morgan fingerprint density at radius 2 is 2.00 bits per heavy atom. The van der Waals surface area contributed by atoms with Crippen LogP contribution in [0.2, 0.25) is 0 Å². The van der Waals surface area contributed by atoms with Crippen LogP contribution in [-0.4, -0.2) is 29.3 Å². The van der Waals surface area contributed by atoms with Crippen molar-refractivity contribution in [1.82, 2.24) is 4.90 Å². The zero-order chi connectivity index (χ0) is 16.4. The van der Waals surface area contributed by atoms with E-state index in [1.165, 1.54) is 19.3 Å². The molecular weight excluding hydrogens is 356 g/mol. The molecule has 1 aromatic rings. The van der Waals surface area contributed by atoms with E-state index in [0.717, 1.165) is 28.6 Å². The zero-order valence-corrected chi connectivity index (χ0v) is 15.1. The molecule has 1 aliphatic carbocycles. The van der Waals surface area contributed by atoms with Gasteiger partial charge in [0, 0.05) is 29.2 Å². The Bertz CT molecular complexity index is 611. The molecule has 1 saturated carbocycles. The maximum absolute atomic E-state index is 12.5. The number of anilines is 1. The van der Waals surface area contributed by atoms with Crippen LogP contribution in [0.5, 0.6) is 0 Å². The average molecular weight is 379 g/mol. The van der Waals surface area contributed by atoms with Crippen LogP contribution >= 0.6 is 15.9 Å². The fraction of sp³-hybridized carbons (Fsp3) is 0.556. The molecule has 2 aliphatic rings. The summed E-state index contributed by atoms with van der Waals surface area (Å²) in [5.74, 6) is -0.126. The van der Waals surface area contributed by atoms with Crippen LogP contribution in [0.15, 0.2) is 22.7 Å². The van der Waals surface area contributed by atoms with Gasteiger partial charge in [0.25, 0.3) is 0 Å². The molecule has 23 heavy (non-hydrogen) atoms. The minimum Gasteiger partial charge on any atom is -0.339 e. The summed E-state index contributed by atoms with van der Waals surface area (Å²) in [5, 5.41) is 2.98. The summed E-state index contributed by atoms with van der Waals surface area (Å²) in [7, 11) is 0. The Labute approximate surface area is 145 Å². The SMILES string of the molecule is Cc1cc(Br)ccc1NC(=O)[C@H]1CC(=O)N(C2CCCCC2)C1. The number of benzene rings is 1. The quantitative estimate of drug-likeness (QED) is 0.867. The molecule has 1 aromatic carbocycles. The Morgan fingerprint density at radius 3 is 2.70 bits per heavy atom. The number of amides is 2. The highest BCUT2D eigenvalue weighted by Crippen LogP contribution is 2.29. The lowest BCUT2D eigenvalue weighted by Crippen LogP contribution is -2.38. The molecular formula is C18H23BrN2O2. The summed E-state index contributed by atoms with van der Waals surface area (Å²) in [6, 6.07) is 6.14. The van der Waals surface area contributed by atoms with Crippen molar-refractivity contribution < 1.29 is 9.59 Å². The third-order valence-electron chi connectivity index (χ3n) is 4.99. The highest BCUT2D eigenvalue weighted by atomic mass is 79.9. The Hall–Kier alpha value is -1.36. The topological polar surface area (TPSA) is 49.4 Å². The first kappa shape index (κ1) is 16.5. The molecule has 0 radical (unpaired) electrons. The second kappa shape index (κ2) is 7.04. The second-order valence-corrected chi connectivity index (χ2v) is 7.60. The van der Waals surface area contributed by atoms with Crippen LogP contribution in [-0.2, 0) is 9.59 Å². The lowest BCUT2D eigenvalue weighted by Gasteiger charge is -2.31. The number of carbonyl (C=O) groups excluding carboxylic acids is 2. The number of hydrogen-bond donors (Lipinski definition) is 1. The molecule has 0 unspecified atom stereocenters. The van der Waals surface area contributed by atoms with E-state index in [0.29, 0.717) is 19.0 Å². The number of carbonyl (C=O) groups is 2. The first-order chi connectivity index (χ1) is 11.0. The van der Waals surface area contributed by atoms with E-state index in [1.807, 2.05) is 30.0 Å². The Kier molecular flexibility index (Phi) is 5.05. The monoisotopic (exact) mass is 378 g/mol. The van der Waals surface area contributed by atoms with E-state index in [9.17, 15) is 9.59 Å². The molecule has 1 N–H and O–H groups in total. The van der Waals surface area contributed by atoms with Gasteiger partial charge in [-0.25, -0.2) is 0 Å². The van der Waals surface area contributed by atoms with Gasteiger partial charge in [0.2, 0.25) is 11.8 Å². The predicted molar refractivity (Wildman–Crippen MR) is 94.2 cm³/mol. The van der Waals surface area contributed by atoms with Crippen LogP contribution in [0, 0.1) is 12.8 Å². The molecule has 0 bridgehead atoms. The smallest absolute Gasteiger partial charge is 0.229 e. The second-order valence-electron chi connectivity index (χ2n) is 6.69. The third kappa shape index (κ3) is 3.77. The minimum absolute atomic E-state index is 0.0397. The van der Waals surface area contributed by atoms with Crippen molar-refractivity contribution in [2.75, 3.05) is 11.9 Å². The third-order valence-corrected chi connectivity index (χ3v) is 5.48. The molecule has 5 heteroatoms. The van der Waals surface area contributed by atoms with Gasteiger partial charge in [0.1, 0.15) is 0 Å². The fourth-order valence-corrected chi connectivity index (χ4v) is 4.13. The van der Waals surface area contributed by atoms with Crippen molar-refractivity contribution in [2.45, 2.75) is 51.5 Å². The van der Waals surface area contributed by atoms with E-state index >= 15 is 0 Å². The van der Waals surface area contributed by atoms with Gasteiger partial charge in [0.15, 0.2) is 0 Å². The number of likely N-dealkylation sites (tertiary alicyclic amines) is 1. The van der Waals surface area contributed by atoms with Gasteiger partial charge >= 0.3 is 0 Å². The molecule has 4 nitrogen and oxygen atoms in total. The van der Waals surface area contributed by atoms with Crippen LogP contribution in [0.25, 0.3) is 0 Å². The van der Waals surface area contributed by atoms with Crippen molar-refractivity contribution in [2.24, 2.45) is 5.92 Å². The van der Waals surface area contributed by atoms with E-state index in [4.69, 9.17) is 0 Å². The van der Waals surface area contributed by atoms with Crippen molar-refractivity contribution in [3.8, 4) is 0 Å². The van der Waals surface area contributed by atoms with Gasteiger partial charge in [-0.3, -0.25) is 9.59 Å². The molecule has 1 saturated heterocycles. The van der Waals surface area contributed by atoms with Gasteiger partial charge in [-0.15, -0.1) is 0 Å². The first-order valence-electron chi connectivity index (χ1n) is 8.41. The summed E-state index contributed by atoms with van der Waals surface area (Å²) < 4.78 is 0.993. The van der Waals surface area contributed by atoms with Gasteiger partial charge in [-0.2, -0.15) is 0 Å². The normalized spacial score (nSPS) is 22.4. The van der Waals surface area contributed by atoms with Crippen LogP contribution in [0.1, 0.15) is 44.1 Å². The largest absolute Gasteiger partial charge is 0.339 e. The molecule has 0 spiro atoms. The maximum atomic E-state index is 12.5. The van der Waals surface area contributed by atoms with Gasteiger partial charge in [-0.05, 0) is 43.5 Å². The molecule has 1 aliphatic heterocycles. The number of nitrogens with zero attached hydrogens (tertiary/aromatic N) is 1. The lowest BCUT2D eigenvalue weighted by atomic mass is 9.94. The summed E-state index contributed by atoms with van der Waals surface area (Å²) >= 11 is 3.42. The lowest BCUT2D eigenvalue weighted by molar-refractivity contribution is -0.130. The number of hydrogen-bond acceptors (Lipinski definition) is 2. The fourth-order valence-electron chi connectivity index (χ4n) is 3.65. The summed E-state index contributed by atoms with van der Waals surface area (Å²) in [6.07, 6.45) is 6.19. The molecule has 2 amide bonds. The summed E-state index contributed by atoms with van der Waals surface area (Å²) in [5.41, 5.74) is 1.84. The Balaban J connectivity index is 1.63. The first-order valence-corrected chi connectivity index (χ1v) is 9.20. The van der Waals surface area contributed by atoms with E-state index in [-0.39, 0.29) is 17.7 Å². The molecule has 2 fully saturated rings. The van der Waals surface area contributed by atoms with Gasteiger partial charge in [0.05, 0.1) is 5.92 Å². The van der Waals surface area contributed by atoms with E-state index in [2.05, 4.69) is 21.2 Å². The van der Waals surface area contributed by atoms with Crippen LogP contribution in [0.4, 0.5) is 5.69 Å². The average Bonchev–Trinajstić information content (AvgIpc) is 2.93. The van der Waals surface area contributed by atoms with Gasteiger partial charge in [-0.1, -0.05) is 35.2 Å². The van der Waals surface area contributed by atoms with Gasteiger partial charge < -0.3 is 10.2 Å². The molecule has 0 aromatic heterocycles. The summed E-state index contributed by atoms with van der Waals surface area (Å²) in [6.45, 7) is 2.54. The maximum Gasteiger partial charge on any atom is 0.229 e. The molecule has 124 valence electrons. The zero-order valence-electron chi connectivity index (χ0n) is 13.5. The molecule has 1 atom stereocenters. The number of aryl methyl sites for hydroxylation is 1. The minimum atomic E-state index is -0.229. The number of rotatable bonds is 3. The Morgan fingerprint density at radius 1 is 1.26 bits per heavy atom. The summed E-state index contributed by atoms with van der Waals surface area (Å²) in [4.78, 5) is 26.8. The van der Waals surface area contributed by atoms with Crippen molar-refractivity contribution in [3.63, 3.8) is 0 Å². The van der Waals surface area contributed by atoms with Crippen molar-refractivity contribution in [1.29, 1.82) is 0 Å². The highest BCUT2D eigenvalue weighted by Gasteiger charge is 2.38. The van der Waals surface area contributed by atoms with Crippen LogP contribution in [0.3, 0.4) is 0 Å². The van der Waals surface area contributed by atoms with E-state index < -0.39 is 0 Å². The van der Waals surface area contributed by atoms with Crippen molar-refractivity contribution >= 4 is 33.4 Å². The van der Waals surface area contributed by atoms with Crippen molar-refractivity contribution in [3.05, 3.63) is 28.2 Å². The number of halogens is 1. The predicted octanol–water partition coefficient (Wildman–Crippen LogP) is 3.88. The molecule has 3 rings (SSSR count). The molecule has 1 heterocycles.